The van der Waals surface area contributed by atoms with Gasteiger partial charge in [0.05, 0.1) is 6.04 Å². The van der Waals surface area contributed by atoms with E-state index < -0.39 is 18.1 Å². The van der Waals surface area contributed by atoms with Crippen LogP contribution in [0.3, 0.4) is 0 Å². The van der Waals surface area contributed by atoms with Crippen molar-refractivity contribution in [3.05, 3.63) is 34.9 Å². The molecule has 3 rings (SSSR count). The number of carbonyl (C=O) groups excluding carboxylic acids is 1. The average Bonchev–Trinajstić information content (AvgIpc) is 3.20. The van der Waals surface area contributed by atoms with Gasteiger partial charge in [-0.25, -0.2) is 0 Å². The van der Waals surface area contributed by atoms with Gasteiger partial charge in [-0.3, -0.25) is 14.9 Å². The molecule has 0 aromatic heterocycles. The quantitative estimate of drug-likeness (QED) is 0.836. The van der Waals surface area contributed by atoms with Crippen LogP contribution in [0.5, 0.6) is 0 Å². The summed E-state index contributed by atoms with van der Waals surface area (Å²) in [5, 5.41) is 12.7. The molecule has 1 aromatic carbocycles. The zero-order valence-corrected chi connectivity index (χ0v) is 13.6. The summed E-state index contributed by atoms with van der Waals surface area (Å²) in [4.78, 5) is 25.7. The van der Waals surface area contributed by atoms with E-state index in [1.165, 1.54) is 0 Å². The van der Waals surface area contributed by atoms with Gasteiger partial charge in [-0.05, 0) is 43.2 Å². The molecule has 0 spiro atoms. The molecule has 2 N–H and O–H groups in total. The minimum Gasteiger partial charge on any atom is -0.480 e. The summed E-state index contributed by atoms with van der Waals surface area (Å²) in [5.41, 5.74) is 0.927. The summed E-state index contributed by atoms with van der Waals surface area (Å²) in [6.45, 7) is 1.20. The van der Waals surface area contributed by atoms with Gasteiger partial charge in [0.15, 0.2) is 0 Å². The number of rotatable bonds is 6. The van der Waals surface area contributed by atoms with Crippen molar-refractivity contribution in [3.63, 3.8) is 0 Å². The maximum atomic E-state index is 12.8. The molecule has 1 amide bonds. The second-order valence-electron chi connectivity index (χ2n) is 6.44. The molecule has 0 radical (unpaired) electrons. The maximum Gasteiger partial charge on any atom is 0.320 e. The number of amides is 1. The zero-order chi connectivity index (χ0) is 16.4. The lowest BCUT2D eigenvalue weighted by Crippen LogP contribution is -2.47. The van der Waals surface area contributed by atoms with Crippen molar-refractivity contribution in [1.29, 1.82) is 0 Å². The van der Waals surface area contributed by atoms with E-state index in [0.717, 1.165) is 24.9 Å². The first kappa shape index (κ1) is 16.3. The number of carboxylic acids is 1. The largest absolute Gasteiger partial charge is 0.480 e. The highest BCUT2D eigenvalue weighted by atomic mass is 35.5. The maximum absolute atomic E-state index is 12.8. The van der Waals surface area contributed by atoms with Crippen molar-refractivity contribution >= 4 is 23.5 Å². The number of carbonyl (C=O) groups is 2. The Hall–Kier alpha value is -1.59. The van der Waals surface area contributed by atoms with Gasteiger partial charge in [0.1, 0.15) is 6.04 Å². The van der Waals surface area contributed by atoms with Gasteiger partial charge in [0.2, 0.25) is 5.91 Å². The lowest BCUT2D eigenvalue weighted by atomic mass is 10.1. The molecule has 2 fully saturated rings. The highest BCUT2D eigenvalue weighted by Crippen LogP contribution is 2.31. The van der Waals surface area contributed by atoms with Crippen molar-refractivity contribution in [2.24, 2.45) is 5.92 Å². The summed E-state index contributed by atoms with van der Waals surface area (Å²) in [6.07, 6.45) is 3.37. The summed E-state index contributed by atoms with van der Waals surface area (Å²) >= 11 is 6.22. The third kappa shape index (κ3) is 4.03. The van der Waals surface area contributed by atoms with Crippen LogP contribution in [0.1, 0.15) is 31.2 Å². The summed E-state index contributed by atoms with van der Waals surface area (Å²) < 4.78 is 0. The molecule has 6 heteroatoms. The van der Waals surface area contributed by atoms with Crippen LogP contribution in [0.15, 0.2) is 24.3 Å². The SMILES string of the molecule is O=C(O)[C@@H]1CC[C@H](C(=O)N(Cc2ccccc2Cl)CC2CC2)N1. The number of nitrogens with one attached hydrogen (secondary N) is 1. The van der Waals surface area contributed by atoms with Gasteiger partial charge in [0.25, 0.3) is 0 Å². The molecule has 124 valence electrons. The number of benzene rings is 1. The molecule has 1 aromatic rings. The lowest BCUT2D eigenvalue weighted by Gasteiger charge is -2.26. The number of hydrogen-bond donors (Lipinski definition) is 2. The fraction of sp³-hybridized carbons (Fsp3) is 0.529. The molecule has 5 nitrogen and oxygen atoms in total. The molecule has 1 saturated heterocycles. The Morgan fingerprint density at radius 3 is 2.48 bits per heavy atom. The van der Waals surface area contributed by atoms with Crippen LogP contribution in [-0.4, -0.2) is 40.5 Å². The van der Waals surface area contributed by atoms with Crippen LogP contribution in [0, 0.1) is 5.92 Å². The number of nitrogens with zero attached hydrogens (tertiary/aromatic N) is 1. The standard InChI is InChI=1S/C17H21ClN2O3/c18-13-4-2-1-3-12(13)10-20(9-11-5-6-11)16(21)14-7-8-15(19-14)17(22)23/h1-4,11,14-15,19H,5-10H2,(H,22,23)/t14-,15+/m1/s1. The summed E-state index contributed by atoms with van der Waals surface area (Å²) in [6, 6.07) is 6.51. The van der Waals surface area contributed by atoms with Crippen LogP contribution in [0.4, 0.5) is 0 Å². The third-order valence-electron chi connectivity index (χ3n) is 4.55. The molecule has 2 atom stereocenters. The third-order valence-corrected chi connectivity index (χ3v) is 4.92. The molecular weight excluding hydrogens is 316 g/mol. The van der Waals surface area contributed by atoms with Gasteiger partial charge < -0.3 is 10.0 Å². The van der Waals surface area contributed by atoms with E-state index in [1.54, 1.807) is 0 Å². The van der Waals surface area contributed by atoms with Crippen LogP contribution in [0.25, 0.3) is 0 Å². The van der Waals surface area contributed by atoms with E-state index in [1.807, 2.05) is 29.2 Å². The van der Waals surface area contributed by atoms with Crippen LogP contribution >= 0.6 is 11.6 Å². The predicted molar refractivity (Wildman–Crippen MR) is 87.2 cm³/mol. The lowest BCUT2D eigenvalue weighted by molar-refractivity contribution is -0.139. The molecule has 0 bridgehead atoms. The Balaban J connectivity index is 1.70. The van der Waals surface area contributed by atoms with Crippen LogP contribution in [0.2, 0.25) is 5.02 Å². The Morgan fingerprint density at radius 1 is 1.17 bits per heavy atom. The fourth-order valence-electron chi connectivity index (χ4n) is 3.03. The van der Waals surface area contributed by atoms with Gasteiger partial charge >= 0.3 is 5.97 Å². The number of carboxylic acid groups (broad SMARTS) is 1. The highest BCUT2D eigenvalue weighted by Gasteiger charge is 2.36. The van der Waals surface area contributed by atoms with Crippen LogP contribution < -0.4 is 5.32 Å². The zero-order valence-electron chi connectivity index (χ0n) is 12.9. The van der Waals surface area contributed by atoms with E-state index in [2.05, 4.69) is 5.32 Å². The molecular formula is C17H21ClN2O3. The van der Waals surface area contributed by atoms with Crippen molar-refractivity contribution in [2.45, 2.75) is 44.3 Å². The fourth-order valence-corrected chi connectivity index (χ4v) is 3.23. The van der Waals surface area contributed by atoms with E-state index in [4.69, 9.17) is 16.7 Å². The van der Waals surface area contributed by atoms with Gasteiger partial charge in [-0.1, -0.05) is 29.8 Å². The molecule has 23 heavy (non-hydrogen) atoms. The first-order valence-corrected chi connectivity index (χ1v) is 8.43. The summed E-state index contributed by atoms with van der Waals surface area (Å²) in [5.74, 6) is -0.334. The molecule has 1 heterocycles. The van der Waals surface area contributed by atoms with Crippen molar-refractivity contribution < 1.29 is 14.7 Å². The molecule has 0 unspecified atom stereocenters. The molecule has 2 aliphatic rings. The van der Waals surface area contributed by atoms with E-state index in [9.17, 15) is 9.59 Å². The van der Waals surface area contributed by atoms with E-state index in [-0.39, 0.29) is 5.91 Å². The van der Waals surface area contributed by atoms with Crippen LogP contribution in [-0.2, 0) is 16.1 Å². The van der Waals surface area contributed by atoms with Gasteiger partial charge in [-0.2, -0.15) is 0 Å². The van der Waals surface area contributed by atoms with Crippen molar-refractivity contribution in [1.82, 2.24) is 10.2 Å². The molecule has 1 saturated carbocycles. The number of halogens is 1. The second-order valence-corrected chi connectivity index (χ2v) is 6.85. The number of aliphatic carboxylic acids is 1. The number of hydrogen-bond acceptors (Lipinski definition) is 3. The van der Waals surface area contributed by atoms with Gasteiger partial charge in [0, 0.05) is 18.1 Å². The minimum absolute atomic E-state index is 0.0134. The Kier molecular flexibility index (Phi) is 4.87. The second kappa shape index (κ2) is 6.89. The van der Waals surface area contributed by atoms with Crippen molar-refractivity contribution in [3.8, 4) is 0 Å². The molecule has 1 aliphatic heterocycles. The normalized spacial score (nSPS) is 23.7. The van der Waals surface area contributed by atoms with Gasteiger partial charge in [-0.15, -0.1) is 0 Å². The molecule has 1 aliphatic carbocycles. The predicted octanol–water partition coefficient (Wildman–Crippen LogP) is 2.28. The minimum atomic E-state index is -0.889. The first-order valence-electron chi connectivity index (χ1n) is 8.05. The van der Waals surface area contributed by atoms with E-state index in [0.29, 0.717) is 30.3 Å². The van der Waals surface area contributed by atoms with E-state index >= 15 is 0 Å². The highest BCUT2D eigenvalue weighted by molar-refractivity contribution is 6.31. The Labute approximate surface area is 140 Å². The Morgan fingerprint density at radius 2 is 1.87 bits per heavy atom. The Bertz CT molecular complexity index is 603. The first-order chi connectivity index (χ1) is 11.0. The monoisotopic (exact) mass is 336 g/mol. The van der Waals surface area contributed by atoms with Crippen molar-refractivity contribution in [2.75, 3.05) is 6.54 Å². The smallest absolute Gasteiger partial charge is 0.320 e. The topological polar surface area (TPSA) is 69.6 Å². The average molecular weight is 337 g/mol. The summed E-state index contributed by atoms with van der Waals surface area (Å²) in [7, 11) is 0.